The summed E-state index contributed by atoms with van der Waals surface area (Å²) >= 11 is 0. The number of aromatic nitrogens is 3. The Hall–Kier alpha value is -3.46. The van der Waals surface area contributed by atoms with E-state index in [0.717, 1.165) is 43.2 Å². The summed E-state index contributed by atoms with van der Waals surface area (Å²) in [6, 6.07) is 12.0. The van der Waals surface area contributed by atoms with E-state index in [9.17, 15) is 14.4 Å². The van der Waals surface area contributed by atoms with Gasteiger partial charge in [0, 0.05) is 43.6 Å². The van der Waals surface area contributed by atoms with Crippen molar-refractivity contribution in [1.29, 1.82) is 0 Å². The second kappa shape index (κ2) is 8.50. The lowest BCUT2D eigenvalue weighted by molar-refractivity contribution is -0.121. The molecule has 0 spiro atoms. The van der Waals surface area contributed by atoms with Crippen LogP contribution in [-0.4, -0.2) is 55.6 Å². The molecular weight excluding hydrogens is 386 g/mol. The van der Waals surface area contributed by atoms with Crippen molar-refractivity contribution in [2.24, 2.45) is 0 Å². The van der Waals surface area contributed by atoms with Gasteiger partial charge in [0.15, 0.2) is 5.65 Å². The average Bonchev–Trinajstić information content (AvgIpc) is 3.13. The maximum atomic E-state index is 12.4. The maximum absolute atomic E-state index is 12.4. The molecule has 0 atom stereocenters. The summed E-state index contributed by atoms with van der Waals surface area (Å²) in [7, 11) is 0. The molecule has 2 aromatic heterocycles. The van der Waals surface area contributed by atoms with Crippen LogP contribution in [0.15, 0.2) is 47.4 Å². The van der Waals surface area contributed by atoms with Gasteiger partial charge in [-0.1, -0.05) is 30.3 Å². The van der Waals surface area contributed by atoms with Crippen LogP contribution in [0.5, 0.6) is 0 Å². The van der Waals surface area contributed by atoms with Crippen LogP contribution >= 0.6 is 0 Å². The van der Waals surface area contributed by atoms with Gasteiger partial charge in [-0.05, 0) is 18.4 Å². The van der Waals surface area contributed by atoms with Crippen LogP contribution in [0.4, 0.5) is 0 Å². The number of carboxylic acid groups (broad SMARTS) is 1. The molecule has 3 aromatic rings. The number of hydrogen-bond acceptors (Lipinski definition) is 5. The number of carbonyl (C=O) groups excluding carboxylic acids is 1. The molecule has 9 nitrogen and oxygen atoms in total. The number of H-pyrrole nitrogens is 1. The molecule has 4 rings (SSSR count). The molecule has 1 saturated heterocycles. The van der Waals surface area contributed by atoms with Crippen LogP contribution < -0.4 is 10.9 Å². The molecule has 0 radical (unpaired) electrons. The van der Waals surface area contributed by atoms with Gasteiger partial charge in [0.1, 0.15) is 5.56 Å². The second-order valence-electron chi connectivity index (χ2n) is 7.54. The average molecular weight is 409 g/mol. The lowest BCUT2D eigenvalue weighted by atomic mass is 10.0. The minimum absolute atomic E-state index is 0.0649. The van der Waals surface area contributed by atoms with E-state index in [1.807, 2.05) is 18.2 Å². The molecule has 3 heterocycles. The van der Waals surface area contributed by atoms with Gasteiger partial charge in [0.25, 0.3) is 5.56 Å². The highest BCUT2D eigenvalue weighted by molar-refractivity contribution is 5.87. The van der Waals surface area contributed by atoms with Crippen LogP contribution in [0.3, 0.4) is 0 Å². The number of aromatic amines is 1. The lowest BCUT2D eigenvalue weighted by Crippen LogP contribution is -2.44. The standard InChI is InChI=1S/C21H23N5O4/c27-19(11-16-10-18-22-12-17(21(29)30)20(28)26(18)24-16)23-15-6-8-25(9-7-15)13-14-4-2-1-3-5-14/h1-5,10,12,15,24H,6-9,11,13H2,(H,23,27)(H,29,30). The van der Waals surface area contributed by atoms with Gasteiger partial charge in [0.2, 0.25) is 5.91 Å². The zero-order chi connectivity index (χ0) is 21.1. The quantitative estimate of drug-likeness (QED) is 0.560. The third-order valence-electron chi connectivity index (χ3n) is 5.33. The van der Waals surface area contributed by atoms with Gasteiger partial charge in [-0.3, -0.25) is 19.6 Å². The van der Waals surface area contributed by atoms with Crippen molar-refractivity contribution in [3.63, 3.8) is 0 Å². The van der Waals surface area contributed by atoms with E-state index < -0.39 is 17.1 Å². The first-order valence-corrected chi connectivity index (χ1v) is 9.88. The summed E-state index contributed by atoms with van der Waals surface area (Å²) < 4.78 is 1.05. The van der Waals surface area contributed by atoms with E-state index in [0.29, 0.717) is 5.69 Å². The molecular formula is C21H23N5O4. The minimum Gasteiger partial charge on any atom is -0.477 e. The van der Waals surface area contributed by atoms with Crippen LogP contribution in [0.1, 0.15) is 34.5 Å². The van der Waals surface area contributed by atoms with E-state index in [4.69, 9.17) is 5.11 Å². The SMILES string of the molecule is O=C(Cc1cc2ncc(C(=O)O)c(=O)n2[nH]1)NC1CCN(Cc2ccccc2)CC1. The zero-order valence-corrected chi connectivity index (χ0v) is 16.4. The van der Waals surface area contributed by atoms with Crippen LogP contribution in [-0.2, 0) is 17.8 Å². The molecule has 3 N–H and O–H groups in total. The fourth-order valence-electron chi connectivity index (χ4n) is 3.78. The number of carbonyl (C=O) groups is 2. The fourth-order valence-corrected chi connectivity index (χ4v) is 3.78. The van der Waals surface area contributed by atoms with Crippen molar-refractivity contribution in [1.82, 2.24) is 24.8 Å². The number of hydrogen-bond donors (Lipinski definition) is 3. The Bertz CT molecular complexity index is 1110. The molecule has 0 bridgehead atoms. The summed E-state index contributed by atoms with van der Waals surface area (Å²) in [6.07, 6.45) is 2.86. The summed E-state index contributed by atoms with van der Waals surface area (Å²) in [5.74, 6) is -1.48. The van der Waals surface area contributed by atoms with Crippen molar-refractivity contribution in [3.8, 4) is 0 Å². The highest BCUT2D eigenvalue weighted by Crippen LogP contribution is 2.14. The normalized spacial score (nSPS) is 15.3. The highest BCUT2D eigenvalue weighted by Gasteiger charge is 2.21. The molecule has 1 aliphatic heterocycles. The van der Waals surface area contributed by atoms with Crippen LogP contribution in [0, 0.1) is 0 Å². The van der Waals surface area contributed by atoms with E-state index >= 15 is 0 Å². The van der Waals surface area contributed by atoms with Gasteiger partial charge in [-0.15, -0.1) is 0 Å². The smallest absolute Gasteiger partial charge is 0.343 e. The first-order valence-electron chi connectivity index (χ1n) is 9.88. The van der Waals surface area contributed by atoms with Crippen molar-refractivity contribution < 1.29 is 14.7 Å². The predicted molar refractivity (Wildman–Crippen MR) is 109 cm³/mol. The van der Waals surface area contributed by atoms with Gasteiger partial charge in [0.05, 0.1) is 6.42 Å². The summed E-state index contributed by atoms with van der Waals surface area (Å²) in [6.45, 7) is 2.75. The van der Waals surface area contributed by atoms with E-state index in [1.54, 1.807) is 6.07 Å². The minimum atomic E-state index is -1.34. The number of carboxylic acids is 1. The van der Waals surface area contributed by atoms with Crippen molar-refractivity contribution in [2.45, 2.75) is 31.8 Å². The Morgan fingerprint density at radius 3 is 2.63 bits per heavy atom. The number of amides is 1. The van der Waals surface area contributed by atoms with Crippen molar-refractivity contribution in [2.75, 3.05) is 13.1 Å². The van der Waals surface area contributed by atoms with Gasteiger partial charge in [-0.2, -0.15) is 0 Å². The predicted octanol–water partition coefficient (Wildman–Crippen LogP) is 1.04. The zero-order valence-electron chi connectivity index (χ0n) is 16.4. The Kier molecular flexibility index (Phi) is 5.62. The molecule has 0 saturated carbocycles. The molecule has 30 heavy (non-hydrogen) atoms. The largest absolute Gasteiger partial charge is 0.477 e. The molecule has 0 unspecified atom stereocenters. The molecule has 1 fully saturated rings. The highest BCUT2D eigenvalue weighted by atomic mass is 16.4. The number of aromatic carboxylic acids is 1. The number of benzene rings is 1. The molecule has 156 valence electrons. The van der Waals surface area contributed by atoms with E-state index in [-0.39, 0.29) is 24.0 Å². The Balaban J connectivity index is 1.31. The molecule has 0 aliphatic carbocycles. The Morgan fingerprint density at radius 1 is 1.20 bits per heavy atom. The topological polar surface area (TPSA) is 120 Å². The van der Waals surface area contributed by atoms with Gasteiger partial charge in [-0.25, -0.2) is 14.3 Å². The number of likely N-dealkylation sites (tertiary alicyclic amines) is 1. The van der Waals surface area contributed by atoms with Crippen molar-refractivity contribution in [3.05, 3.63) is 69.8 Å². The second-order valence-corrected chi connectivity index (χ2v) is 7.54. The Morgan fingerprint density at radius 2 is 1.93 bits per heavy atom. The summed E-state index contributed by atoms with van der Waals surface area (Å²) in [5, 5.41) is 14.8. The Labute approximate surface area is 172 Å². The molecule has 1 aliphatic rings. The first kappa shape index (κ1) is 19.8. The maximum Gasteiger partial charge on any atom is 0.343 e. The molecule has 9 heteroatoms. The number of nitrogens with one attached hydrogen (secondary N) is 2. The van der Waals surface area contributed by atoms with Crippen LogP contribution in [0.2, 0.25) is 0 Å². The lowest BCUT2D eigenvalue weighted by Gasteiger charge is -2.32. The van der Waals surface area contributed by atoms with Crippen molar-refractivity contribution >= 4 is 17.5 Å². The van der Waals surface area contributed by atoms with E-state index in [2.05, 4.69) is 32.4 Å². The monoisotopic (exact) mass is 409 g/mol. The summed E-state index contributed by atoms with van der Waals surface area (Å²) in [5.41, 5.74) is 0.939. The third kappa shape index (κ3) is 4.41. The number of nitrogens with zero attached hydrogens (tertiary/aromatic N) is 3. The fraction of sp³-hybridized carbons (Fsp3) is 0.333. The number of piperidine rings is 1. The first-order chi connectivity index (χ1) is 14.5. The van der Waals surface area contributed by atoms with E-state index in [1.165, 1.54) is 5.56 Å². The van der Waals surface area contributed by atoms with Gasteiger partial charge < -0.3 is 10.4 Å². The number of fused-ring (bicyclic) bond motifs is 1. The van der Waals surface area contributed by atoms with Crippen LogP contribution in [0.25, 0.3) is 5.65 Å². The molecule has 1 amide bonds. The third-order valence-corrected chi connectivity index (χ3v) is 5.33. The number of rotatable bonds is 6. The van der Waals surface area contributed by atoms with Gasteiger partial charge >= 0.3 is 5.97 Å². The molecule has 1 aromatic carbocycles. The summed E-state index contributed by atoms with van der Waals surface area (Å²) in [4.78, 5) is 42.0.